The molecule has 0 radical (unpaired) electrons. The van der Waals surface area contributed by atoms with Crippen molar-refractivity contribution >= 4 is 28.4 Å². The van der Waals surface area contributed by atoms with E-state index in [1.165, 1.54) is 11.8 Å². The van der Waals surface area contributed by atoms with Crippen molar-refractivity contribution in [2.75, 3.05) is 7.11 Å². The molecule has 6 heteroatoms. The van der Waals surface area contributed by atoms with Crippen LogP contribution in [0.25, 0.3) is 10.9 Å². The van der Waals surface area contributed by atoms with Crippen LogP contribution in [0.4, 0.5) is 0 Å². The number of carbonyl (C=O) groups is 1. The summed E-state index contributed by atoms with van der Waals surface area (Å²) in [4.78, 5) is 29.4. The van der Waals surface area contributed by atoms with E-state index in [4.69, 9.17) is 4.74 Å². The third-order valence-electron chi connectivity index (χ3n) is 4.18. The largest absolute Gasteiger partial charge is 0.497 e. The van der Waals surface area contributed by atoms with Gasteiger partial charge in [0.15, 0.2) is 5.16 Å². The van der Waals surface area contributed by atoms with Gasteiger partial charge in [0.2, 0.25) is 0 Å². The van der Waals surface area contributed by atoms with Crippen LogP contribution in [-0.2, 0) is 11.3 Å². The number of carbonyl (C=O) groups excluding carboxylic acids is 1. The fourth-order valence-corrected chi connectivity index (χ4v) is 3.44. The van der Waals surface area contributed by atoms with Crippen molar-refractivity contribution in [2.24, 2.45) is 0 Å². The van der Waals surface area contributed by atoms with Crippen LogP contribution in [0, 0.1) is 0 Å². The molecule has 3 rings (SSSR count). The summed E-state index contributed by atoms with van der Waals surface area (Å²) >= 11 is 1.31. The molecule has 0 aliphatic heterocycles. The van der Waals surface area contributed by atoms with Crippen LogP contribution in [-0.4, -0.2) is 27.7 Å². The SMILES string of the molecule is COc1ccc(Cn2c(S[C@H](C)C(C)=O)nc3ccccc3c2=O)cc1. The Morgan fingerprint density at radius 2 is 1.88 bits per heavy atom. The molecule has 0 spiro atoms. The lowest BCUT2D eigenvalue weighted by Gasteiger charge is -2.15. The topological polar surface area (TPSA) is 61.2 Å². The number of aromatic nitrogens is 2. The molecule has 0 fully saturated rings. The number of fused-ring (bicyclic) bond motifs is 1. The monoisotopic (exact) mass is 368 g/mol. The first kappa shape index (κ1) is 18.2. The summed E-state index contributed by atoms with van der Waals surface area (Å²) in [6.07, 6.45) is 0. The Kier molecular flexibility index (Phi) is 5.42. The summed E-state index contributed by atoms with van der Waals surface area (Å²) in [6, 6.07) is 14.8. The number of ketones is 1. The second kappa shape index (κ2) is 7.74. The normalized spacial score (nSPS) is 12.1. The highest BCUT2D eigenvalue weighted by Crippen LogP contribution is 2.24. The highest BCUT2D eigenvalue weighted by Gasteiger charge is 2.17. The van der Waals surface area contributed by atoms with Crippen LogP contribution in [0.1, 0.15) is 19.4 Å². The first-order chi connectivity index (χ1) is 12.5. The number of methoxy groups -OCH3 is 1. The summed E-state index contributed by atoms with van der Waals surface area (Å²) < 4.78 is 6.81. The number of para-hydroxylation sites is 1. The van der Waals surface area contributed by atoms with Crippen LogP contribution in [0.2, 0.25) is 0 Å². The molecule has 0 bridgehead atoms. The van der Waals surface area contributed by atoms with Crippen molar-refractivity contribution in [1.29, 1.82) is 0 Å². The van der Waals surface area contributed by atoms with Gasteiger partial charge in [0.25, 0.3) is 5.56 Å². The fourth-order valence-electron chi connectivity index (χ4n) is 2.53. The minimum Gasteiger partial charge on any atom is -0.497 e. The van der Waals surface area contributed by atoms with E-state index in [-0.39, 0.29) is 16.6 Å². The number of thioether (sulfide) groups is 1. The maximum atomic E-state index is 13.0. The lowest BCUT2D eigenvalue weighted by molar-refractivity contribution is -0.116. The van der Waals surface area contributed by atoms with Gasteiger partial charge in [-0.25, -0.2) is 4.98 Å². The number of benzene rings is 2. The molecule has 0 saturated heterocycles. The fraction of sp³-hybridized carbons (Fsp3) is 0.250. The highest BCUT2D eigenvalue weighted by atomic mass is 32.2. The molecule has 134 valence electrons. The van der Waals surface area contributed by atoms with Crippen LogP contribution in [0.15, 0.2) is 58.5 Å². The van der Waals surface area contributed by atoms with Crippen molar-refractivity contribution in [3.63, 3.8) is 0 Å². The Labute approximate surface area is 156 Å². The van der Waals surface area contributed by atoms with Gasteiger partial charge in [-0.05, 0) is 43.7 Å². The van der Waals surface area contributed by atoms with E-state index in [9.17, 15) is 9.59 Å². The van der Waals surface area contributed by atoms with Crippen LogP contribution < -0.4 is 10.3 Å². The van der Waals surface area contributed by atoms with E-state index in [0.717, 1.165) is 11.3 Å². The molecule has 5 nitrogen and oxygen atoms in total. The third kappa shape index (κ3) is 3.80. The Morgan fingerprint density at radius 1 is 1.19 bits per heavy atom. The van der Waals surface area contributed by atoms with Crippen molar-refractivity contribution in [2.45, 2.75) is 30.8 Å². The zero-order valence-electron chi connectivity index (χ0n) is 14.9. The quantitative estimate of drug-likeness (QED) is 0.492. The molecule has 0 aliphatic rings. The standard InChI is InChI=1S/C20H20N2O3S/c1-13(23)14(2)26-20-21-18-7-5-4-6-17(18)19(24)22(20)12-15-8-10-16(25-3)11-9-15/h4-11,14H,12H2,1-3H3/t14-/m1/s1. The number of hydrogen-bond donors (Lipinski definition) is 0. The van der Waals surface area contributed by atoms with E-state index >= 15 is 0 Å². The van der Waals surface area contributed by atoms with Crippen LogP contribution in [0.5, 0.6) is 5.75 Å². The zero-order chi connectivity index (χ0) is 18.7. The molecule has 0 saturated carbocycles. The van der Waals surface area contributed by atoms with Crippen molar-refractivity contribution in [1.82, 2.24) is 9.55 Å². The maximum absolute atomic E-state index is 13.0. The van der Waals surface area contributed by atoms with E-state index in [0.29, 0.717) is 22.6 Å². The molecule has 26 heavy (non-hydrogen) atoms. The molecular formula is C20H20N2O3S. The van der Waals surface area contributed by atoms with Crippen LogP contribution in [0.3, 0.4) is 0 Å². The average Bonchev–Trinajstić information content (AvgIpc) is 2.65. The lowest BCUT2D eigenvalue weighted by Crippen LogP contribution is -2.25. The van der Waals surface area contributed by atoms with Gasteiger partial charge in [-0.1, -0.05) is 36.0 Å². The van der Waals surface area contributed by atoms with E-state index in [1.807, 2.05) is 49.4 Å². The summed E-state index contributed by atoms with van der Waals surface area (Å²) in [5, 5.41) is 0.846. The molecule has 1 aromatic heterocycles. The van der Waals surface area contributed by atoms with Gasteiger partial charge in [0.1, 0.15) is 11.5 Å². The maximum Gasteiger partial charge on any atom is 0.262 e. The molecule has 3 aromatic rings. The highest BCUT2D eigenvalue weighted by molar-refractivity contribution is 8.00. The summed E-state index contributed by atoms with van der Waals surface area (Å²) in [5.74, 6) is 0.811. The van der Waals surface area contributed by atoms with E-state index in [1.54, 1.807) is 24.7 Å². The molecule has 0 N–H and O–H groups in total. The number of rotatable bonds is 6. The van der Waals surface area contributed by atoms with Crippen molar-refractivity contribution < 1.29 is 9.53 Å². The zero-order valence-corrected chi connectivity index (χ0v) is 15.7. The van der Waals surface area contributed by atoms with Gasteiger partial charge in [-0.15, -0.1) is 0 Å². The number of Topliss-reactive ketones (excluding diaryl/α,β-unsaturated/α-hetero) is 1. The molecule has 1 heterocycles. The first-order valence-corrected chi connectivity index (χ1v) is 9.17. The average molecular weight is 368 g/mol. The van der Waals surface area contributed by atoms with Gasteiger partial charge in [-0.2, -0.15) is 0 Å². The Bertz CT molecular complexity index is 996. The molecule has 0 amide bonds. The minimum atomic E-state index is -0.273. The van der Waals surface area contributed by atoms with Crippen molar-refractivity contribution in [3.8, 4) is 5.75 Å². The Hall–Kier alpha value is -2.60. The molecule has 0 unspecified atom stereocenters. The summed E-state index contributed by atoms with van der Waals surface area (Å²) in [5.41, 5.74) is 1.49. The second-order valence-corrected chi connectivity index (χ2v) is 7.33. The van der Waals surface area contributed by atoms with Crippen molar-refractivity contribution in [3.05, 3.63) is 64.4 Å². The lowest BCUT2D eigenvalue weighted by atomic mass is 10.2. The molecular weight excluding hydrogens is 348 g/mol. The molecule has 1 atom stereocenters. The molecule has 0 aliphatic carbocycles. The minimum absolute atomic E-state index is 0.0494. The number of nitrogens with zero attached hydrogens (tertiary/aromatic N) is 2. The Balaban J connectivity index is 2.08. The van der Waals surface area contributed by atoms with Gasteiger partial charge in [-0.3, -0.25) is 14.2 Å². The van der Waals surface area contributed by atoms with E-state index < -0.39 is 0 Å². The third-order valence-corrected chi connectivity index (χ3v) is 5.39. The van der Waals surface area contributed by atoms with Gasteiger partial charge in [0.05, 0.1) is 29.8 Å². The summed E-state index contributed by atoms with van der Waals surface area (Å²) in [6.45, 7) is 3.75. The van der Waals surface area contributed by atoms with Crippen LogP contribution >= 0.6 is 11.8 Å². The predicted octanol–water partition coefficient (Wildman–Crippen LogP) is 3.52. The smallest absolute Gasteiger partial charge is 0.262 e. The molecule has 2 aromatic carbocycles. The predicted molar refractivity (Wildman–Crippen MR) is 104 cm³/mol. The van der Waals surface area contributed by atoms with Gasteiger partial charge >= 0.3 is 0 Å². The second-order valence-electron chi connectivity index (χ2n) is 6.02. The Morgan fingerprint density at radius 3 is 2.54 bits per heavy atom. The van der Waals surface area contributed by atoms with Gasteiger partial charge in [0, 0.05) is 0 Å². The summed E-state index contributed by atoms with van der Waals surface area (Å²) in [7, 11) is 1.62. The van der Waals surface area contributed by atoms with E-state index in [2.05, 4.69) is 4.98 Å². The number of ether oxygens (including phenoxy) is 1. The first-order valence-electron chi connectivity index (χ1n) is 8.29. The van der Waals surface area contributed by atoms with Gasteiger partial charge < -0.3 is 4.74 Å². The number of hydrogen-bond acceptors (Lipinski definition) is 5.